The molecule has 29 heavy (non-hydrogen) atoms. The fourth-order valence-corrected chi connectivity index (χ4v) is 2.97. The summed E-state index contributed by atoms with van der Waals surface area (Å²) in [5.41, 5.74) is 7.03. The number of hydrogen-bond acceptors (Lipinski definition) is 7. The number of halogens is 1. The highest BCUT2D eigenvalue weighted by Gasteiger charge is 2.25. The van der Waals surface area contributed by atoms with Gasteiger partial charge in [-0.2, -0.15) is 14.6 Å². The number of urea groups is 1. The maximum atomic E-state index is 12.3. The van der Waals surface area contributed by atoms with Crippen LogP contribution in [0.3, 0.4) is 0 Å². The molecule has 5 aromatic rings. The summed E-state index contributed by atoms with van der Waals surface area (Å²) in [6, 6.07) is 6.05. The molecule has 0 aromatic carbocycles. The standard InChI is InChI=1S/C17H13N9O2.ClH/c1-24-9-11-13(22-24)21-17(25(16(18)27)10-4-6-19-7-5-10)26-15(11)20-14(23-26)12-3-2-8-28-12;/h2-9H,1H3,(H2,18,27);1H. The summed E-state index contributed by atoms with van der Waals surface area (Å²) in [6.45, 7) is 0. The van der Waals surface area contributed by atoms with E-state index in [0.29, 0.717) is 34.0 Å². The van der Waals surface area contributed by atoms with Gasteiger partial charge in [0.25, 0.3) is 0 Å². The molecule has 12 heteroatoms. The molecule has 2 amide bonds. The number of amides is 2. The Bertz CT molecular complexity index is 1310. The van der Waals surface area contributed by atoms with E-state index in [1.165, 1.54) is 15.7 Å². The third-order valence-electron chi connectivity index (χ3n) is 4.14. The van der Waals surface area contributed by atoms with Crippen LogP contribution in [-0.4, -0.2) is 40.4 Å². The van der Waals surface area contributed by atoms with Crippen molar-refractivity contribution in [3.8, 4) is 11.6 Å². The van der Waals surface area contributed by atoms with E-state index in [9.17, 15) is 4.79 Å². The first-order valence-corrected chi connectivity index (χ1v) is 8.25. The summed E-state index contributed by atoms with van der Waals surface area (Å²) in [5, 5.41) is 9.51. The van der Waals surface area contributed by atoms with Crippen molar-refractivity contribution in [3.63, 3.8) is 0 Å². The highest BCUT2D eigenvalue weighted by molar-refractivity contribution is 5.99. The molecule has 0 bridgehead atoms. The minimum atomic E-state index is -0.731. The van der Waals surface area contributed by atoms with Crippen molar-refractivity contribution in [2.75, 3.05) is 4.90 Å². The van der Waals surface area contributed by atoms with Gasteiger partial charge in [-0.25, -0.2) is 14.7 Å². The Balaban J connectivity index is 0.00000205. The van der Waals surface area contributed by atoms with E-state index in [-0.39, 0.29) is 18.4 Å². The highest BCUT2D eigenvalue weighted by atomic mass is 35.5. The first kappa shape index (κ1) is 18.4. The topological polar surface area (TPSA) is 133 Å². The number of nitrogens with zero attached hydrogens (tertiary/aromatic N) is 8. The fraction of sp³-hybridized carbons (Fsp3) is 0.0588. The molecule has 0 saturated carbocycles. The molecule has 0 radical (unpaired) electrons. The van der Waals surface area contributed by atoms with Crippen LogP contribution in [0.4, 0.5) is 16.4 Å². The number of carbonyl (C=O) groups is 1. The third kappa shape index (κ3) is 2.93. The van der Waals surface area contributed by atoms with Gasteiger partial charge >= 0.3 is 6.03 Å². The summed E-state index contributed by atoms with van der Waals surface area (Å²) in [7, 11) is 1.77. The Morgan fingerprint density at radius 3 is 2.66 bits per heavy atom. The molecule has 11 nitrogen and oxygen atoms in total. The Morgan fingerprint density at radius 1 is 1.17 bits per heavy atom. The van der Waals surface area contributed by atoms with Crippen LogP contribution in [0.25, 0.3) is 28.3 Å². The number of primary amides is 1. The summed E-state index contributed by atoms with van der Waals surface area (Å²) in [6.07, 6.45) is 6.42. The smallest absolute Gasteiger partial charge is 0.326 e. The Kier molecular flexibility index (Phi) is 4.35. The van der Waals surface area contributed by atoms with Crippen molar-refractivity contribution in [3.05, 3.63) is 49.1 Å². The number of rotatable bonds is 3. The van der Waals surface area contributed by atoms with Gasteiger partial charge in [0.15, 0.2) is 17.1 Å². The van der Waals surface area contributed by atoms with Crippen LogP contribution >= 0.6 is 12.4 Å². The van der Waals surface area contributed by atoms with Crippen molar-refractivity contribution < 1.29 is 9.21 Å². The predicted octanol–water partition coefficient (Wildman–Crippen LogP) is 2.30. The second-order valence-electron chi connectivity index (χ2n) is 5.98. The van der Waals surface area contributed by atoms with Crippen molar-refractivity contribution in [1.29, 1.82) is 0 Å². The van der Waals surface area contributed by atoms with Gasteiger partial charge in [-0.05, 0) is 24.3 Å². The van der Waals surface area contributed by atoms with Crippen LogP contribution in [0.5, 0.6) is 0 Å². The number of nitrogens with two attached hydrogens (primary N) is 1. The van der Waals surface area contributed by atoms with Gasteiger partial charge in [0.1, 0.15) is 0 Å². The monoisotopic (exact) mass is 411 g/mol. The average Bonchev–Trinajstić information content (AvgIpc) is 3.40. The van der Waals surface area contributed by atoms with E-state index < -0.39 is 6.03 Å². The average molecular weight is 412 g/mol. The molecule has 0 unspecified atom stereocenters. The SMILES string of the molecule is Cl.Cn1cc2c(nc(N(C(N)=O)c3ccncc3)n3nc(-c4ccco4)nc23)n1. The van der Waals surface area contributed by atoms with Gasteiger partial charge in [-0.15, -0.1) is 17.5 Å². The van der Waals surface area contributed by atoms with E-state index in [1.54, 1.807) is 54.6 Å². The maximum Gasteiger partial charge on any atom is 0.326 e. The van der Waals surface area contributed by atoms with Crippen molar-refractivity contribution in [1.82, 2.24) is 34.3 Å². The molecule has 5 heterocycles. The lowest BCUT2D eigenvalue weighted by Gasteiger charge is -2.19. The second kappa shape index (κ2) is 6.87. The van der Waals surface area contributed by atoms with E-state index in [4.69, 9.17) is 10.2 Å². The zero-order valence-corrected chi connectivity index (χ0v) is 15.8. The number of pyridine rings is 1. The second-order valence-corrected chi connectivity index (χ2v) is 5.98. The molecule has 0 atom stereocenters. The molecule has 0 spiro atoms. The first-order chi connectivity index (χ1) is 13.6. The van der Waals surface area contributed by atoms with E-state index >= 15 is 0 Å². The summed E-state index contributed by atoms with van der Waals surface area (Å²) in [4.78, 5) is 26.6. The van der Waals surface area contributed by atoms with Crippen LogP contribution in [0.15, 0.2) is 53.5 Å². The van der Waals surface area contributed by atoms with Gasteiger partial charge in [0.05, 0.1) is 17.3 Å². The van der Waals surface area contributed by atoms with Gasteiger partial charge in [-0.1, -0.05) is 0 Å². The molecule has 146 valence electrons. The highest BCUT2D eigenvalue weighted by Crippen LogP contribution is 2.28. The molecule has 0 aliphatic rings. The molecular weight excluding hydrogens is 398 g/mol. The first-order valence-electron chi connectivity index (χ1n) is 8.25. The Labute approximate surface area is 169 Å². The molecular formula is C17H14ClN9O2. The van der Waals surface area contributed by atoms with E-state index in [1.807, 2.05) is 0 Å². The summed E-state index contributed by atoms with van der Waals surface area (Å²) < 4.78 is 8.47. The number of carbonyl (C=O) groups excluding carboxylic acids is 1. The molecule has 0 saturated heterocycles. The lowest BCUT2D eigenvalue weighted by molar-refractivity contribution is 0.255. The lowest BCUT2D eigenvalue weighted by Crippen LogP contribution is -2.33. The van der Waals surface area contributed by atoms with E-state index in [2.05, 4.69) is 25.1 Å². The van der Waals surface area contributed by atoms with Gasteiger partial charge in [0, 0.05) is 25.6 Å². The number of fused-ring (bicyclic) bond motifs is 3. The molecule has 2 N–H and O–H groups in total. The molecule has 0 fully saturated rings. The number of aromatic nitrogens is 7. The van der Waals surface area contributed by atoms with Gasteiger partial charge < -0.3 is 10.2 Å². The van der Waals surface area contributed by atoms with Crippen LogP contribution in [0, 0.1) is 0 Å². The zero-order chi connectivity index (χ0) is 19.3. The van der Waals surface area contributed by atoms with Crippen LogP contribution in [0.2, 0.25) is 0 Å². The lowest BCUT2D eigenvalue weighted by atomic mass is 10.3. The maximum absolute atomic E-state index is 12.3. The third-order valence-corrected chi connectivity index (χ3v) is 4.14. The predicted molar refractivity (Wildman–Crippen MR) is 106 cm³/mol. The molecule has 5 rings (SSSR count). The number of hydrogen-bond donors (Lipinski definition) is 1. The van der Waals surface area contributed by atoms with Crippen LogP contribution in [-0.2, 0) is 7.05 Å². The normalized spacial score (nSPS) is 10.9. The zero-order valence-electron chi connectivity index (χ0n) is 15.0. The molecule has 0 aliphatic carbocycles. The molecule has 5 aromatic heterocycles. The number of anilines is 2. The Hall–Kier alpha value is -3.99. The van der Waals surface area contributed by atoms with Gasteiger partial charge in [-0.3, -0.25) is 9.67 Å². The largest absolute Gasteiger partial charge is 0.461 e. The summed E-state index contributed by atoms with van der Waals surface area (Å²) in [5.74, 6) is 0.995. The quantitative estimate of drug-likeness (QED) is 0.481. The minimum absolute atomic E-state index is 0. The number of furan rings is 1. The fourth-order valence-electron chi connectivity index (χ4n) is 2.97. The van der Waals surface area contributed by atoms with Crippen LogP contribution < -0.4 is 10.6 Å². The van der Waals surface area contributed by atoms with Crippen LogP contribution in [0.1, 0.15) is 0 Å². The minimum Gasteiger partial charge on any atom is -0.461 e. The Morgan fingerprint density at radius 2 is 1.97 bits per heavy atom. The van der Waals surface area contributed by atoms with Crippen molar-refractivity contribution in [2.45, 2.75) is 0 Å². The van der Waals surface area contributed by atoms with Gasteiger partial charge in [0.2, 0.25) is 11.8 Å². The van der Waals surface area contributed by atoms with E-state index in [0.717, 1.165) is 0 Å². The van der Waals surface area contributed by atoms with Crippen molar-refractivity contribution >= 4 is 46.8 Å². The number of aryl methyl sites for hydroxylation is 1. The molecule has 0 aliphatic heterocycles. The van der Waals surface area contributed by atoms with Crippen molar-refractivity contribution in [2.24, 2.45) is 12.8 Å². The summed E-state index contributed by atoms with van der Waals surface area (Å²) >= 11 is 0.